The summed E-state index contributed by atoms with van der Waals surface area (Å²) >= 11 is -0.826. The van der Waals surface area contributed by atoms with Crippen LogP contribution in [0.15, 0.2) is 54.6 Å². The fourth-order valence-corrected chi connectivity index (χ4v) is 4.49. The molecule has 0 amide bonds. The first-order valence-corrected chi connectivity index (χ1v) is 16.8. The Hall–Kier alpha value is -0.487. The van der Waals surface area contributed by atoms with Gasteiger partial charge in [0.15, 0.2) is 0 Å². The predicted molar refractivity (Wildman–Crippen MR) is 121 cm³/mol. The van der Waals surface area contributed by atoms with E-state index in [9.17, 15) is 0 Å². The van der Waals surface area contributed by atoms with E-state index in [0.29, 0.717) is 0 Å². The van der Waals surface area contributed by atoms with Crippen molar-refractivity contribution in [3.8, 4) is 11.1 Å². The van der Waals surface area contributed by atoms with E-state index in [1.807, 2.05) is 0 Å². The van der Waals surface area contributed by atoms with E-state index in [1.54, 1.807) is 5.56 Å². The Kier molecular flexibility index (Phi) is 9.23. The number of halogens is 2. The van der Waals surface area contributed by atoms with Gasteiger partial charge in [-0.05, 0) is 29.9 Å². The average molecular weight is 492 g/mol. The molecule has 1 aliphatic carbocycles. The zero-order valence-electron chi connectivity index (χ0n) is 16.7. The van der Waals surface area contributed by atoms with E-state index >= 15 is 0 Å². The van der Waals surface area contributed by atoms with E-state index in [-0.39, 0.29) is 0 Å². The van der Waals surface area contributed by atoms with E-state index in [4.69, 9.17) is 17.0 Å². The normalized spacial score (nSPS) is 15.0. The van der Waals surface area contributed by atoms with Crippen LogP contribution in [0.2, 0.25) is 0 Å². The van der Waals surface area contributed by atoms with Crippen molar-refractivity contribution in [3.05, 3.63) is 65.7 Å². The summed E-state index contributed by atoms with van der Waals surface area (Å²) < 4.78 is 0. The Morgan fingerprint density at radius 3 is 2.29 bits per heavy atom. The van der Waals surface area contributed by atoms with Gasteiger partial charge in [-0.25, -0.2) is 0 Å². The quantitative estimate of drug-likeness (QED) is 0.253. The molecular weight excluding hydrogens is 462 g/mol. The molecule has 0 aliphatic heterocycles. The van der Waals surface area contributed by atoms with E-state index in [0.717, 1.165) is 12.3 Å². The second-order valence-electron chi connectivity index (χ2n) is 7.86. The van der Waals surface area contributed by atoms with Gasteiger partial charge in [-0.1, -0.05) is 81.3 Å². The maximum absolute atomic E-state index is 4.93. The third-order valence-electron chi connectivity index (χ3n) is 5.98. The molecule has 0 nitrogen and oxygen atoms in total. The second-order valence-corrected chi connectivity index (χ2v) is 11.6. The molecule has 3 aromatic rings. The Morgan fingerprint density at radius 2 is 1.64 bits per heavy atom. The third kappa shape index (κ3) is 6.01. The van der Waals surface area contributed by atoms with Crippen LogP contribution in [-0.2, 0) is 33.7 Å². The molecule has 0 spiro atoms. The third-order valence-corrected chi connectivity index (χ3v) is 5.98. The molecule has 1 aliphatic rings. The van der Waals surface area contributed by atoms with E-state index < -0.39 is 20.8 Å². The van der Waals surface area contributed by atoms with Crippen LogP contribution >= 0.6 is 17.0 Å². The van der Waals surface area contributed by atoms with Gasteiger partial charge < -0.3 is 0 Å². The van der Waals surface area contributed by atoms with Crippen molar-refractivity contribution in [1.29, 1.82) is 0 Å². The molecule has 1 fully saturated rings. The standard InChI is InChI=1S/C25H29.2ClH.Zr/c1-2-19-12-14-22(15-13-19)24-11-7-10-23-17-21(18-25(23)24)16-20-8-5-3-4-6-9-20;;;/h7,10-15,17-18,20H,2-6,8-9,16H2,1H3;2*1H;/q-1;;;+2/p-2. The van der Waals surface area contributed by atoms with Gasteiger partial charge in [-0.3, -0.25) is 0 Å². The number of fused-ring (bicyclic) bond motifs is 1. The first-order valence-electron chi connectivity index (χ1n) is 10.5. The number of hydrogen-bond acceptors (Lipinski definition) is 0. The molecule has 4 rings (SSSR count). The second kappa shape index (κ2) is 11.6. The van der Waals surface area contributed by atoms with Crippen molar-refractivity contribution in [2.24, 2.45) is 5.92 Å². The summed E-state index contributed by atoms with van der Waals surface area (Å²) in [7, 11) is 9.87. The summed E-state index contributed by atoms with van der Waals surface area (Å²) in [5.41, 5.74) is 5.67. The Labute approximate surface area is 188 Å². The predicted octanol–water partition coefficient (Wildman–Crippen LogP) is 8.68. The van der Waals surface area contributed by atoms with Crippen LogP contribution in [-0.4, -0.2) is 0 Å². The molecule has 0 atom stereocenters. The molecule has 3 aromatic carbocycles. The summed E-state index contributed by atoms with van der Waals surface area (Å²) in [6.07, 6.45) is 11.0. The van der Waals surface area contributed by atoms with Crippen molar-refractivity contribution < 1.29 is 20.8 Å². The molecular formula is C25H29Cl2Zr-. The summed E-state index contributed by atoms with van der Waals surface area (Å²) in [6, 6.07) is 20.8. The summed E-state index contributed by atoms with van der Waals surface area (Å²) in [6.45, 7) is 2.21. The number of hydrogen-bond donors (Lipinski definition) is 0. The number of aryl methyl sites for hydroxylation is 1. The van der Waals surface area contributed by atoms with E-state index in [2.05, 4.69) is 61.5 Å². The van der Waals surface area contributed by atoms with Crippen LogP contribution in [0.5, 0.6) is 0 Å². The number of rotatable bonds is 4. The van der Waals surface area contributed by atoms with Gasteiger partial charge in [0, 0.05) is 0 Å². The Bertz CT molecular complexity index is 843. The van der Waals surface area contributed by atoms with Crippen LogP contribution in [0, 0.1) is 5.92 Å². The minimum absolute atomic E-state index is 0.826. The first-order chi connectivity index (χ1) is 13.7. The van der Waals surface area contributed by atoms with Gasteiger partial charge in [0.05, 0.1) is 0 Å². The number of benzene rings is 2. The van der Waals surface area contributed by atoms with Gasteiger partial charge in [0.1, 0.15) is 0 Å². The molecule has 0 saturated heterocycles. The van der Waals surface area contributed by atoms with Crippen molar-refractivity contribution in [3.63, 3.8) is 0 Å². The van der Waals surface area contributed by atoms with Crippen molar-refractivity contribution in [1.82, 2.24) is 0 Å². The SMILES string of the molecule is CCc1ccc(-c2cccc3[cH-]c(CC4CCCCCC4)cc23)cc1.[Cl][Zr][Cl]. The molecule has 0 radical (unpaired) electrons. The van der Waals surface area contributed by atoms with Crippen LogP contribution < -0.4 is 0 Å². The van der Waals surface area contributed by atoms with Crippen LogP contribution in [0.4, 0.5) is 0 Å². The van der Waals surface area contributed by atoms with Crippen molar-refractivity contribution >= 4 is 27.8 Å². The molecule has 28 heavy (non-hydrogen) atoms. The summed E-state index contributed by atoms with van der Waals surface area (Å²) in [4.78, 5) is 0. The van der Waals surface area contributed by atoms with Gasteiger partial charge in [-0.15, -0.1) is 34.5 Å². The molecule has 1 saturated carbocycles. The van der Waals surface area contributed by atoms with Gasteiger partial charge in [0.25, 0.3) is 0 Å². The zero-order valence-corrected chi connectivity index (χ0v) is 20.7. The molecule has 0 bridgehead atoms. The first kappa shape index (κ1) is 22.2. The monoisotopic (exact) mass is 489 g/mol. The van der Waals surface area contributed by atoms with Crippen LogP contribution in [0.25, 0.3) is 21.9 Å². The average Bonchev–Trinajstić information content (AvgIpc) is 2.95. The van der Waals surface area contributed by atoms with Gasteiger partial charge in [-0.2, -0.15) is 6.07 Å². The molecule has 0 heterocycles. The molecule has 0 unspecified atom stereocenters. The fraction of sp³-hybridized carbons (Fsp3) is 0.400. The van der Waals surface area contributed by atoms with Gasteiger partial charge in [0.2, 0.25) is 0 Å². The molecule has 3 heteroatoms. The Morgan fingerprint density at radius 1 is 0.964 bits per heavy atom. The Balaban J connectivity index is 0.000000706. The van der Waals surface area contributed by atoms with E-state index in [1.165, 1.54) is 72.4 Å². The molecule has 0 N–H and O–H groups in total. The van der Waals surface area contributed by atoms with Crippen molar-refractivity contribution in [2.45, 2.75) is 58.3 Å². The zero-order chi connectivity index (χ0) is 19.8. The topological polar surface area (TPSA) is 0 Å². The summed E-state index contributed by atoms with van der Waals surface area (Å²) in [5.74, 6) is 0.895. The van der Waals surface area contributed by atoms with Crippen LogP contribution in [0.1, 0.15) is 56.6 Å². The van der Waals surface area contributed by atoms with Crippen molar-refractivity contribution in [2.75, 3.05) is 0 Å². The summed E-state index contributed by atoms with van der Waals surface area (Å²) in [5, 5.41) is 2.83. The fourth-order valence-electron chi connectivity index (χ4n) is 4.49. The molecule has 0 aromatic heterocycles. The minimum atomic E-state index is -0.826. The maximum atomic E-state index is 4.93. The van der Waals surface area contributed by atoms with Gasteiger partial charge >= 0.3 is 37.9 Å². The molecule has 148 valence electrons. The van der Waals surface area contributed by atoms with Crippen LogP contribution in [0.3, 0.4) is 0 Å².